The van der Waals surface area contributed by atoms with Crippen molar-refractivity contribution < 1.29 is 13.2 Å². The lowest BCUT2D eigenvalue weighted by atomic mass is 10.1. The molecule has 0 aromatic heterocycles. The van der Waals surface area contributed by atoms with Crippen LogP contribution in [0.5, 0.6) is 0 Å². The highest BCUT2D eigenvalue weighted by atomic mass is 32.2. The van der Waals surface area contributed by atoms with Gasteiger partial charge in [-0.2, -0.15) is 10.3 Å². The second kappa shape index (κ2) is 6.22. The van der Waals surface area contributed by atoms with Crippen molar-refractivity contribution in [1.29, 1.82) is 5.26 Å². The predicted molar refractivity (Wildman–Crippen MR) is 94.9 cm³/mol. The van der Waals surface area contributed by atoms with E-state index in [9.17, 15) is 13.2 Å². The molecule has 0 saturated carbocycles. The summed E-state index contributed by atoms with van der Waals surface area (Å²) in [6, 6.07) is 7.51. The molecule has 2 saturated heterocycles. The number of hydrogen-bond donors (Lipinski definition) is 0. The first-order chi connectivity index (χ1) is 11.3. The number of amidine groups is 1. The highest BCUT2D eigenvalue weighted by molar-refractivity contribution is 8.16. The van der Waals surface area contributed by atoms with Crippen molar-refractivity contribution >= 4 is 38.4 Å². The quantitative estimate of drug-likeness (QED) is 0.796. The Morgan fingerprint density at radius 1 is 1.42 bits per heavy atom. The average molecular weight is 363 g/mol. The molecule has 1 aromatic rings. The van der Waals surface area contributed by atoms with Crippen LogP contribution in [0.25, 0.3) is 0 Å². The summed E-state index contributed by atoms with van der Waals surface area (Å²) in [5.41, 5.74) is 2.91. The highest BCUT2D eigenvalue weighted by Crippen LogP contribution is 2.42. The minimum atomic E-state index is -3.09. The molecule has 0 spiro atoms. The van der Waals surface area contributed by atoms with Crippen LogP contribution in [-0.2, 0) is 14.6 Å². The van der Waals surface area contributed by atoms with Crippen LogP contribution in [0.1, 0.15) is 17.5 Å². The SMILES string of the molecule is Cc1ccc(C)c(N2C(=NC(=O)CC#N)S[C@@H]3CS(=O)(=O)C[C@H]32)c1. The minimum absolute atomic E-state index is 0.0590. The number of benzene rings is 1. The number of nitriles is 1. The van der Waals surface area contributed by atoms with Gasteiger partial charge in [-0.25, -0.2) is 8.42 Å². The van der Waals surface area contributed by atoms with Gasteiger partial charge in [0, 0.05) is 10.9 Å². The number of sulfone groups is 1. The fourth-order valence-electron chi connectivity index (χ4n) is 3.04. The fraction of sp³-hybridized carbons (Fsp3) is 0.438. The van der Waals surface area contributed by atoms with E-state index in [1.807, 2.05) is 36.9 Å². The van der Waals surface area contributed by atoms with E-state index >= 15 is 0 Å². The third-order valence-corrected chi connectivity index (χ3v) is 7.35. The first kappa shape index (κ1) is 17.0. The lowest BCUT2D eigenvalue weighted by Crippen LogP contribution is -2.38. The van der Waals surface area contributed by atoms with E-state index in [1.54, 1.807) is 6.07 Å². The molecule has 0 N–H and O–H groups in total. The zero-order chi connectivity index (χ0) is 17.5. The van der Waals surface area contributed by atoms with Crippen LogP contribution >= 0.6 is 11.8 Å². The molecule has 2 aliphatic rings. The van der Waals surface area contributed by atoms with E-state index in [0.29, 0.717) is 5.17 Å². The minimum Gasteiger partial charge on any atom is -0.315 e. The van der Waals surface area contributed by atoms with Gasteiger partial charge in [0.05, 0.1) is 23.6 Å². The molecule has 0 bridgehead atoms. The number of hydrogen-bond acceptors (Lipinski definition) is 5. The summed E-state index contributed by atoms with van der Waals surface area (Å²) in [7, 11) is -3.09. The maximum Gasteiger partial charge on any atom is 0.262 e. The summed E-state index contributed by atoms with van der Waals surface area (Å²) in [5.74, 6) is -0.350. The number of nitrogens with zero attached hydrogens (tertiary/aromatic N) is 3. The second-order valence-electron chi connectivity index (χ2n) is 6.08. The maximum atomic E-state index is 12.0. The van der Waals surface area contributed by atoms with Crippen molar-refractivity contribution in [2.75, 3.05) is 16.4 Å². The molecule has 2 atom stereocenters. The van der Waals surface area contributed by atoms with Gasteiger partial charge in [0.1, 0.15) is 6.42 Å². The van der Waals surface area contributed by atoms with Gasteiger partial charge in [0.2, 0.25) is 0 Å². The Balaban J connectivity index is 2.06. The Hall–Kier alpha value is -1.85. The molecule has 2 heterocycles. The van der Waals surface area contributed by atoms with Gasteiger partial charge < -0.3 is 4.90 Å². The van der Waals surface area contributed by atoms with Gasteiger partial charge in [-0.05, 0) is 31.0 Å². The topological polar surface area (TPSA) is 90.6 Å². The number of anilines is 1. The zero-order valence-corrected chi connectivity index (χ0v) is 15.0. The molecule has 6 nitrogen and oxygen atoms in total. The average Bonchev–Trinajstić information content (AvgIpc) is 2.93. The first-order valence-electron chi connectivity index (χ1n) is 7.53. The van der Waals surface area contributed by atoms with E-state index in [0.717, 1.165) is 16.8 Å². The third kappa shape index (κ3) is 3.19. The number of thioether (sulfide) groups is 1. The van der Waals surface area contributed by atoms with E-state index in [1.165, 1.54) is 11.8 Å². The number of aliphatic imine (C=N–C) groups is 1. The standard InChI is InChI=1S/C16H17N3O3S2/c1-10-3-4-11(2)12(7-10)19-13-8-24(21,22)9-14(13)23-16(19)18-15(20)5-6-17/h3-4,7,13-14H,5,8-9H2,1-2H3/t13-,14-/m1/s1. The monoisotopic (exact) mass is 363 g/mol. The first-order valence-corrected chi connectivity index (χ1v) is 10.2. The summed E-state index contributed by atoms with van der Waals surface area (Å²) in [6.07, 6.45) is -0.279. The van der Waals surface area contributed by atoms with E-state index in [-0.39, 0.29) is 29.2 Å². The van der Waals surface area contributed by atoms with Crippen LogP contribution in [-0.4, -0.2) is 42.3 Å². The number of aryl methyl sites for hydroxylation is 2. The number of rotatable bonds is 2. The van der Waals surface area contributed by atoms with Gasteiger partial charge in [-0.1, -0.05) is 23.9 Å². The van der Waals surface area contributed by atoms with Crippen molar-refractivity contribution in [1.82, 2.24) is 0 Å². The largest absolute Gasteiger partial charge is 0.315 e. The molecule has 0 radical (unpaired) electrons. The summed E-state index contributed by atoms with van der Waals surface area (Å²) in [6.45, 7) is 3.91. The number of fused-ring (bicyclic) bond motifs is 1. The Bertz CT molecular complexity index is 871. The van der Waals surface area contributed by atoms with Gasteiger partial charge in [0.15, 0.2) is 15.0 Å². The predicted octanol–water partition coefficient (Wildman–Crippen LogP) is 1.82. The molecule has 1 amide bonds. The van der Waals surface area contributed by atoms with Crippen molar-refractivity contribution in [2.45, 2.75) is 31.6 Å². The summed E-state index contributed by atoms with van der Waals surface area (Å²) >= 11 is 1.32. The van der Waals surface area contributed by atoms with Crippen molar-refractivity contribution in [3.8, 4) is 6.07 Å². The molecule has 0 unspecified atom stereocenters. The Morgan fingerprint density at radius 3 is 2.88 bits per heavy atom. The molecule has 8 heteroatoms. The highest BCUT2D eigenvalue weighted by Gasteiger charge is 2.49. The number of amides is 1. The van der Waals surface area contributed by atoms with E-state index in [4.69, 9.17) is 5.26 Å². The molecular formula is C16H17N3O3S2. The normalized spacial score (nSPS) is 26.4. The molecule has 0 aliphatic carbocycles. The smallest absolute Gasteiger partial charge is 0.262 e. The number of carbonyl (C=O) groups is 1. The lowest BCUT2D eigenvalue weighted by Gasteiger charge is -2.26. The molecule has 2 aliphatic heterocycles. The molecule has 24 heavy (non-hydrogen) atoms. The number of carbonyl (C=O) groups excluding carboxylic acids is 1. The van der Waals surface area contributed by atoms with Crippen molar-refractivity contribution in [2.24, 2.45) is 4.99 Å². The van der Waals surface area contributed by atoms with Crippen molar-refractivity contribution in [3.05, 3.63) is 29.3 Å². The molecular weight excluding hydrogens is 346 g/mol. The Kier molecular flexibility index (Phi) is 4.40. The van der Waals surface area contributed by atoms with Crippen LogP contribution in [0.4, 0.5) is 5.69 Å². The lowest BCUT2D eigenvalue weighted by molar-refractivity contribution is -0.116. The molecule has 3 rings (SSSR count). The van der Waals surface area contributed by atoms with Crippen LogP contribution in [0, 0.1) is 25.2 Å². The van der Waals surface area contributed by atoms with Crippen LogP contribution in [0.2, 0.25) is 0 Å². The third-order valence-electron chi connectivity index (χ3n) is 4.14. The molecule has 1 aromatic carbocycles. The van der Waals surface area contributed by atoms with E-state index < -0.39 is 15.7 Å². The molecule has 126 valence electrons. The van der Waals surface area contributed by atoms with Gasteiger partial charge >= 0.3 is 0 Å². The Morgan fingerprint density at radius 2 is 2.17 bits per heavy atom. The summed E-state index contributed by atoms with van der Waals surface area (Å²) < 4.78 is 24.0. The Labute approximate surface area is 145 Å². The molecule has 2 fully saturated rings. The van der Waals surface area contributed by atoms with E-state index in [2.05, 4.69) is 4.99 Å². The fourth-order valence-corrected chi connectivity index (χ4v) is 6.96. The van der Waals surface area contributed by atoms with Crippen LogP contribution in [0.15, 0.2) is 23.2 Å². The van der Waals surface area contributed by atoms with Gasteiger partial charge in [0.25, 0.3) is 5.91 Å². The van der Waals surface area contributed by atoms with Crippen LogP contribution in [0.3, 0.4) is 0 Å². The van der Waals surface area contributed by atoms with Gasteiger partial charge in [-0.15, -0.1) is 0 Å². The maximum absolute atomic E-state index is 12.0. The summed E-state index contributed by atoms with van der Waals surface area (Å²) in [5, 5.41) is 9.02. The van der Waals surface area contributed by atoms with Gasteiger partial charge in [-0.3, -0.25) is 4.79 Å². The van der Waals surface area contributed by atoms with Crippen molar-refractivity contribution in [3.63, 3.8) is 0 Å². The van der Waals surface area contributed by atoms with Crippen LogP contribution < -0.4 is 4.90 Å². The zero-order valence-electron chi connectivity index (χ0n) is 13.4. The second-order valence-corrected chi connectivity index (χ2v) is 9.44. The summed E-state index contributed by atoms with van der Waals surface area (Å²) in [4.78, 5) is 17.8.